The summed E-state index contributed by atoms with van der Waals surface area (Å²) in [6, 6.07) is 3.91. The Bertz CT molecular complexity index is 537. The molecule has 2 aromatic heterocycles. The summed E-state index contributed by atoms with van der Waals surface area (Å²) in [7, 11) is 0. The Kier molecular flexibility index (Phi) is 4.50. The van der Waals surface area contributed by atoms with E-state index in [1.54, 1.807) is 6.20 Å². The largest absolute Gasteiger partial charge is 0.339 e. The van der Waals surface area contributed by atoms with Crippen molar-refractivity contribution < 1.29 is 4.52 Å². The smallest absolute Gasteiger partial charge is 0.231 e. The maximum absolute atomic E-state index is 5.37. The molecule has 19 heavy (non-hydrogen) atoms. The molecule has 3 heterocycles. The number of halogens is 1. The van der Waals surface area contributed by atoms with Gasteiger partial charge in [-0.05, 0) is 37.9 Å². The summed E-state index contributed by atoms with van der Waals surface area (Å²) >= 11 is 0. The van der Waals surface area contributed by atoms with Crippen LogP contribution in [0.3, 0.4) is 0 Å². The van der Waals surface area contributed by atoms with Gasteiger partial charge in [0.15, 0.2) is 0 Å². The van der Waals surface area contributed by atoms with Gasteiger partial charge in [-0.2, -0.15) is 4.98 Å². The van der Waals surface area contributed by atoms with Crippen molar-refractivity contribution in [1.82, 2.24) is 20.4 Å². The van der Waals surface area contributed by atoms with E-state index in [0.717, 1.165) is 43.1 Å². The van der Waals surface area contributed by atoms with Crippen LogP contribution in [-0.2, 0) is 0 Å². The molecule has 0 aromatic carbocycles. The van der Waals surface area contributed by atoms with Crippen LogP contribution in [0.4, 0.5) is 0 Å². The maximum Gasteiger partial charge on any atom is 0.231 e. The molecule has 0 aliphatic carbocycles. The molecule has 1 aliphatic heterocycles. The third kappa shape index (κ3) is 2.93. The summed E-state index contributed by atoms with van der Waals surface area (Å²) < 4.78 is 5.37. The molecule has 102 valence electrons. The Balaban J connectivity index is 0.00000133. The zero-order valence-electron chi connectivity index (χ0n) is 10.8. The average molecular weight is 281 g/mol. The van der Waals surface area contributed by atoms with Gasteiger partial charge in [-0.3, -0.25) is 4.98 Å². The number of nitrogens with one attached hydrogen (secondary N) is 1. The standard InChI is InChI=1S/C13H16N4O.ClH/c1-9-4-2-7-15-11(9)12-16-13(18-17-12)10-5-3-6-14-8-10;/h2,4,7,10,14H,3,5-6,8H2,1H3;1H/t10-;/m0./s1. The molecule has 3 rings (SSSR count). The van der Waals surface area contributed by atoms with Gasteiger partial charge in [0.1, 0.15) is 5.69 Å². The quantitative estimate of drug-likeness (QED) is 0.915. The molecule has 5 nitrogen and oxygen atoms in total. The lowest BCUT2D eigenvalue weighted by atomic mass is 10.00. The van der Waals surface area contributed by atoms with Crippen LogP contribution in [-0.4, -0.2) is 28.2 Å². The molecule has 1 saturated heterocycles. The van der Waals surface area contributed by atoms with Crippen LogP contribution in [0.15, 0.2) is 22.9 Å². The van der Waals surface area contributed by atoms with Gasteiger partial charge in [-0.1, -0.05) is 11.2 Å². The van der Waals surface area contributed by atoms with Crippen molar-refractivity contribution >= 4 is 12.4 Å². The van der Waals surface area contributed by atoms with Crippen molar-refractivity contribution in [2.75, 3.05) is 13.1 Å². The highest BCUT2D eigenvalue weighted by atomic mass is 35.5. The summed E-state index contributed by atoms with van der Waals surface area (Å²) in [6.45, 7) is 4.00. The van der Waals surface area contributed by atoms with Crippen molar-refractivity contribution in [3.63, 3.8) is 0 Å². The van der Waals surface area contributed by atoms with Crippen molar-refractivity contribution in [2.24, 2.45) is 0 Å². The molecule has 1 aliphatic rings. The lowest BCUT2D eigenvalue weighted by Crippen LogP contribution is -2.28. The van der Waals surface area contributed by atoms with Gasteiger partial charge in [-0.15, -0.1) is 12.4 Å². The van der Waals surface area contributed by atoms with Gasteiger partial charge in [0.2, 0.25) is 11.7 Å². The molecule has 1 atom stereocenters. The number of rotatable bonds is 2. The first-order chi connectivity index (χ1) is 8.84. The van der Waals surface area contributed by atoms with E-state index in [0.29, 0.717) is 11.7 Å². The molecule has 1 N–H and O–H groups in total. The Labute approximate surface area is 118 Å². The van der Waals surface area contributed by atoms with Crippen LogP contribution in [0.5, 0.6) is 0 Å². The summed E-state index contributed by atoms with van der Waals surface area (Å²) in [4.78, 5) is 8.79. The zero-order chi connectivity index (χ0) is 12.4. The first-order valence-electron chi connectivity index (χ1n) is 6.31. The van der Waals surface area contributed by atoms with E-state index in [4.69, 9.17) is 4.52 Å². The minimum Gasteiger partial charge on any atom is -0.339 e. The lowest BCUT2D eigenvalue weighted by molar-refractivity contribution is 0.322. The van der Waals surface area contributed by atoms with E-state index < -0.39 is 0 Å². The van der Waals surface area contributed by atoms with E-state index in [2.05, 4.69) is 20.4 Å². The lowest BCUT2D eigenvalue weighted by Gasteiger charge is -2.18. The molecule has 0 spiro atoms. The molecule has 2 aromatic rings. The fourth-order valence-corrected chi connectivity index (χ4v) is 2.28. The summed E-state index contributed by atoms with van der Waals surface area (Å²) in [6.07, 6.45) is 4.02. The summed E-state index contributed by atoms with van der Waals surface area (Å²) in [5.41, 5.74) is 1.86. The Morgan fingerprint density at radius 3 is 3.05 bits per heavy atom. The van der Waals surface area contributed by atoms with E-state index in [1.807, 2.05) is 19.1 Å². The van der Waals surface area contributed by atoms with Crippen LogP contribution in [0, 0.1) is 6.92 Å². The fraction of sp³-hybridized carbons (Fsp3) is 0.462. The highest BCUT2D eigenvalue weighted by Crippen LogP contribution is 2.24. The summed E-state index contributed by atoms with van der Waals surface area (Å²) in [5, 5.41) is 7.40. The molecule has 0 unspecified atom stereocenters. The van der Waals surface area contributed by atoms with Gasteiger partial charge >= 0.3 is 0 Å². The minimum atomic E-state index is 0. The Morgan fingerprint density at radius 1 is 1.42 bits per heavy atom. The second kappa shape index (κ2) is 6.12. The molecule has 6 heteroatoms. The van der Waals surface area contributed by atoms with Crippen LogP contribution in [0.1, 0.15) is 30.2 Å². The Morgan fingerprint density at radius 2 is 2.32 bits per heavy atom. The number of nitrogens with zero attached hydrogens (tertiary/aromatic N) is 3. The monoisotopic (exact) mass is 280 g/mol. The van der Waals surface area contributed by atoms with Crippen LogP contribution >= 0.6 is 12.4 Å². The van der Waals surface area contributed by atoms with Crippen molar-refractivity contribution in [3.8, 4) is 11.5 Å². The van der Waals surface area contributed by atoms with Crippen molar-refractivity contribution in [3.05, 3.63) is 29.8 Å². The van der Waals surface area contributed by atoms with E-state index >= 15 is 0 Å². The molecule has 0 saturated carbocycles. The van der Waals surface area contributed by atoms with Crippen molar-refractivity contribution in [1.29, 1.82) is 0 Å². The molecule has 1 fully saturated rings. The SMILES string of the molecule is Cc1cccnc1-c1noc([C@H]2CCCNC2)n1.Cl. The van der Waals surface area contributed by atoms with Crippen LogP contribution in [0.25, 0.3) is 11.5 Å². The van der Waals surface area contributed by atoms with E-state index in [-0.39, 0.29) is 12.4 Å². The van der Waals surface area contributed by atoms with Gasteiger partial charge in [0, 0.05) is 12.7 Å². The van der Waals surface area contributed by atoms with Crippen molar-refractivity contribution in [2.45, 2.75) is 25.7 Å². The first-order valence-corrected chi connectivity index (χ1v) is 6.31. The predicted molar refractivity (Wildman–Crippen MR) is 74.4 cm³/mol. The first kappa shape index (κ1) is 14.0. The molecule has 0 radical (unpaired) electrons. The number of hydrogen-bond donors (Lipinski definition) is 1. The third-order valence-corrected chi connectivity index (χ3v) is 3.31. The van der Waals surface area contributed by atoms with Gasteiger partial charge in [0.05, 0.1) is 5.92 Å². The number of aromatic nitrogens is 3. The van der Waals surface area contributed by atoms with Gasteiger partial charge < -0.3 is 9.84 Å². The molecule has 0 amide bonds. The molecular formula is C13H17ClN4O. The van der Waals surface area contributed by atoms with E-state index in [9.17, 15) is 0 Å². The highest BCUT2D eigenvalue weighted by Gasteiger charge is 2.22. The number of hydrogen-bond acceptors (Lipinski definition) is 5. The molecule has 0 bridgehead atoms. The maximum atomic E-state index is 5.37. The number of piperidine rings is 1. The fourth-order valence-electron chi connectivity index (χ4n) is 2.28. The van der Waals surface area contributed by atoms with Crippen LogP contribution in [0.2, 0.25) is 0 Å². The second-order valence-electron chi connectivity index (χ2n) is 4.67. The summed E-state index contributed by atoms with van der Waals surface area (Å²) in [5.74, 6) is 1.65. The Hall–Kier alpha value is -1.46. The van der Waals surface area contributed by atoms with E-state index in [1.165, 1.54) is 0 Å². The predicted octanol–water partition coefficient (Wildman–Crippen LogP) is 2.33. The van der Waals surface area contributed by atoms with Gasteiger partial charge in [-0.25, -0.2) is 0 Å². The molecular weight excluding hydrogens is 264 g/mol. The minimum absolute atomic E-state index is 0. The normalized spacial score (nSPS) is 18.9. The zero-order valence-corrected chi connectivity index (χ0v) is 11.6. The van der Waals surface area contributed by atoms with Crippen LogP contribution < -0.4 is 5.32 Å². The average Bonchev–Trinajstić information content (AvgIpc) is 2.90. The topological polar surface area (TPSA) is 63.8 Å². The van der Waals surface area contributed by atoms with Gasteiger partial charge in [0.25, 0.3) is 0 Å². The number of pyridine rings is 1. The second-order valence-corrected chi connectivity index (χ2v) is 4.67. The number of aryl methyl sites for hydroxylation is 1. The highest BCUT2D eigenvalue weighted by molar-refractivity contribution is 5.85. The third-order valence-electron chi connectivity index (χ3n) is 3.31.